The Morgan fingerprint density at radius 1 is 1.28 bits per heavy atom. The first-order valence-electron chi connectivity index (χ1n) is 8.22. The molecule has 0 unspecified atom stereocenters. The van der Waals surface area contributed by atoms with Crippen molar-refractivity contribution in [1.29, 1.82) is 0 Å². The number of nitro groups is 1. The number of aryl methyl sites for hydroxylation is 1. The molecule has 152 valence electrons. The maximum Gasteiger partial charge on any atom is 0.312 e. The summed E-state index contributed by atoms with van der Waals surface area (Å²) in [4.78, 5) is 34.0. The molecule has 29 heavy (non-hydrogen) atoms. The van der Waals surface area contributed by atoms with Crippen LogP contribution in [-0.4, -0.2) is 28.1 Å². The molecule has 2 rings (SSSR count). The van der Waals surface area contributed by atoms with Gasteiger partial charge in [-0.25, -0.2) is 5.43 Å². The molecular formula is C18H16BrIN4O5. The molecule has 2 aromatic rings. The molecule has 0 aromatic heterocycles. The lowest BCUT2D eigenvalue weighted by Gasteiger charge is -2.08. The average molecular weight is 575 g/mol. The summed E-state index contributed by atoms with van der Waals surface area (Å²) in [6, 6.07) is 8.16. The molecule has 0 spiro atoms. The molecule has 0 aliphatic carbocycles. The summed E-state index contributed by atoms with van der Waals surface area (Å²) in [5.74, 6) is -1.39. The Balaban J connectivity index is 1.88. The molecule has 0 heterocycles. The number of benzene rings is 2. The van der Waals surface area contributed by atoms with Crippen molar-refractivity contribution < 1.29 is 19.6 Å². The van der Waals surface area contributed by atoms with Gasteiger partial charge in [0.25, 0.3) is 0 Å². The van der Waals surface area contributed by atoms with E-state index in [1.165, 1.54) is 6.07 Å². The van der Waals surface area contributed by atoms with Crippen LogP contribution in [0.15, 0.2) is 39.9 Å². The second kappa shape index (κ2) is 10.3. The lowest BCUT2D eigenvalue weighted by atomic mass is 10.2. The summed E-state index contributed by atoms with van der Waals surface area (Å²) < 4.78 is 1.43. The number of phenols is 1. The highest BCUT2D eigenvalue weighted by atomic mass is 127. The normalized spacial score (nSPS) is 10.7. The Labute approximate surface area is 188 Å². The quantitative estimate of drug-likeness (QED) is 0.200. The Bertz CT molecular complexity index is 996. The number of amides is 2. The van der Waals surface area contributed by atoms with Crippen LogP contribution in [0, 0.1) is 20.6 Å². The number of anilines is 1. The fourth-order valence-corrected chi connectivity index (χ4v) is 3.39. The van der Waals surface area contributed by atoms with Gasteiger partial charge in [0.1, 0.15) is 0 Å². The Morgan fingerprint density at radius 2 is 1.97 bits per heavy atom. The maximum absolute atomic E-state index is 12.0. The van der Waals surface area contributed by atoms with Crippen molar-refractivity contribution in [2.75, 3.05) is 5.32 Å². The first-order chi connectivity index (χ1) is 13.7. The zero-order chi connectivity index (χ0) is 21.6. The van der Waals surface area contributed by atoms with E-state index in [2.05, 4.69) is 54.4 Å². The zero-order valence-electron chi connectivity index (χ0n) is 15.1. The highest BCUT2D eigenvalue weighted by Crippen LogP contribution is 2.32. The Hall–Kier alpha value is -2.54. The van der Waals surface area contributed by atoms with Gasteiger partial charge in [0, 0.05) is 38.2 Å². The number of nitro benzene ring substituents is 1. The van der Waals surface area contributed by atoms with Crippen molar-refractivity contribution in [3.05, 3.63) is 59.6 Å². The van der Waals surface area contributed by atoms with Gasteiger partial charge >= 0.3 is 5.69 Å². The maximum atomic E-state index is 12.0. The molecule has 0 radical (unpaired) electrons. The van der Waals surface area contributed by atoms with Crippen LogP contribution in [-0.2, 0) is 9.59 Å². The van der Waals surface area contributed by atoms with Crippen molar-refractivity contribution in [1.82, 2.24) is 5.43 Å². The van der Waals surface area contributed by atoms with Crippen molar-refractivity contribution in [2.24, 2.45) is 5.10 Å². The van der Waals surface area contributed by atoms with E-state index < -0.39 is 22.3 Å². The van der Waals surface area contributed by atoms with Crippen LogP contribution in [0.5, 0.6) is 5.75 Å². The second-order valence-corrected chi connectivity index (χ2v) is 8.08. The molecule has 0 saturated carbocycles. The van der Waals surface area contributed by atoms with E-state index >= 15 is 0 Å². The standard InChI is InChI=1S/C18H16BrIN4O5/c1-10-6-13(20)2-3-14(10)22-16(25)4-5-17(26)23-21-9-11-7-12(19)8-15(18(11)27)24(28)29/h2-3,6-9,27H,4-5H2,1H3,(H,22,25)(H,23,26)/b21-9-. The van der Waals surface area contributed by atoms with E-state index in [0.29, 0.717) is 10.2 Å². The number of phenolic OH excluding ortho intramolecular Hbond substituents is 1. The van der Waals surface area contributed by atoms with Crippen LogP contribution in [0.2, 0.25) is 0 Å². The van der Waals surface area contributed by atoms with Crippen LogP contribution in [0.4, 0.5) is 11.4 Å². The SMILES string of the molecule is Cc1cc(I)ccc1NC(=O)CCC(=O)N/N=C\c1cc(Br)cc([N+](=O)[O-])c1O. The van der Waals surface area contributed by atoms with Crippen LogP contribution >= 0.6 is 38.5 Å². The van der Waals surface area contributed by atoms with Crippen LogP contribution in [0.1, 0.15) is 24.0 Å². The zero-order valence-corrected chi connectivity index (χ0v) is 18.9. The monoisotopic (exact) mass is 574 g/mol. The third-order valence-electron chi connectivity index (χ3n) is 3.72. The predicted octanol–water partition coefficient (Wildman–Crippen LogP) is 3.84. The first kappa shape index (κ1) is 22.7. The minimum Gasteiger partial charge on any atom is -0.502 e. The number of carbonyl (C=O) groups excluding carboxylic acids is 2. The number of rotatable bonds is 7. The number of nitrogens with zero attached hydrogens (tertiary/aromatic N) is 2. The van der Waals surface area contributed by atoms with Gasteiger partial charge in [-0.05, 0) is 59.3 Å². The van der Waals surface area contributed by atoms with Crippen LogP contribution < -0.4 is 10.7 Å². The van der Waals surface area contributed by atoms with Gasteiger partial charge in [-0.15, -0.1) is 0 Å². The third kappa shape index (κ3) is 6.78. The molecule has 0 aliphatic rings. The molecule has 0 aliphatic heterocycles. The smallest absolute Gasteiger partial charge is 0.312 e. The van der Waals surface area contributed by atoms with Crippen LogP contribution in [0.25, 0.3) is 0 Å². The molecule has 0 saturated heterocycles. The number of hydrazone groups is 1. The molecule has 0 fully saturated rings. The summed E-state index contributed by atoms with van der Waals surface area (Å²) >= 11 is 5.28. The molecule has 3 N–H and O–H groups in total. The minimum atomic E-state index is -0.732. The van der Waals surface area contributed by atoms with Crippen molar-refractivity contribution in [3.63, 3.8) is 0 Å². The summed E-state index contributed by atoms with van der Waals surface area (Å²) in [6.45, 7) is 1.88. The lowest BCUT2D eigenvalue weighted by Crippen LogP contribution is -2.21. The van der Waals surface area contributed by atoms with Gasteiger partial charge in [0.15, 0.2) is 0 Å². The second-order valence-electron chi connectivity index (χ2n) is 5.92. The van der Waals surface area contributed by atoms with Gasteiger partial charge in [-0.2, -0.15) is 5.10 Å². The number of carbonyl (C=O) groups is 2. The van der Waals surface area contributed by atoms with Gasteiger partial charge < -0.3 is 10.4 Å². The Morgan fingerprint density at radius 3 is 2.62 bits per heavy atom. The fourth-order valence-electron chi connectivity index (χ4n) is 2.28. The Kier molecular flexibility index (Phi) is 8.08. The number of hydrogen-bond acceptors (Lipinski definition) is 6. The number of hydrogen-bond donors (Lipinski definition) is 3. The summed E-state index contributed by atoms with van der Waals surface area (Å²) in [5, 5.41) is 27.2. The van der Waals surface area contributed by atoms with Crippen molar-refractivity contribution in [2.45, 2.75) is 19.8 Å². The summed E-state index contributed by atoms with van der Waals surface area (Å²) in [5.41, 5.74) is 3.38. The average Bonchev–Trinajstić information content (AvgIpc) is 2.64. The van der Waals surface area contributed by atoms with Gasteiger partial charge in [0.05, 0.1) is 11.1 Å². The fraction of sp³-hybridized carbons (Fsp3) is 0.167. The summed E-state index contributed by atoms with van der Waals surface area (Å²) in [6.07, 6.45) is 0.942. The first-order valence-corrected chi connectivity index (χ1v) is 10.1. The topological polar surface area (TPSA) is 134 Å². The van der Waals surface area contributed by atoms with Gasteiger partial charge in [-0.1, -0.05) is 15.9 Å². The molecule has 0 bridgehead atoms. The number of nitrogens with one attached hydrogen (secondary N) is 2. The van der Waals surface area contributed by atoms with E-state index in [4.69, 9.17) is 0 Å². The number of halogens is 2. The molecule has 2 amide bonds. The number of aromatic hydroxyl groups is 1. The third-order valence-corrected chi connectivity index (χ3v) is 4.84. The van der Waals surface area contributed by atoms with Crippen molar-refractivity contribution >= 4 is 67.9 Å². The van der Waals surface area contributed by atoms with Crippen molar-refractivity contribution in [3.8, 4) is 5.75 Å². The van der Waals surface area contributed by atoms with E-state index in [0.717, 1.165) is 21.4 Å². The highest BCUT2D eigenvalue weighted by molar-refractivity contribution is 14.1. The largest absolute Gasteiger partial charge is 0.502 e. The molecule has 0 atom stereocenters. The predicted molar refractivity (Wildman–Crippen MR) is 120 cm³/mol. The highest BCUT2D eigenvalue weighted by Gasteiger charge is 2.17. The van der Waals surface area contributed by atoms with E-state index in [9.17, 15) is 24.8 Å². The lowest BCUT2D eigenvalue weighted by molar-refractivity contribution is -0.385. The molecule has 2 aromatic carbocycles. The van der Waals surface area contributed by atoms with Gasteiger partial charge in [0.2, 0.25) is 17.6 Å². The minimum absolute atomic E-state index is 0.0413. The molecule has 11 heteroatoms. The van der Waals surface area contributed by atoms with E-state index in [1.54, 1.807) is 6.07 Å². The van der Waals surface area contributed by atoms with E-state index in [1.807, 2.05) is 19.1 Å². The molecular weight excluding hydrogens is 559 g/mol. The van der Waals surface area contributed by atoms with E-state index in [-0.39, 0.29) is 24.3 Å². The molecule has 9 nitrogen and oxygen atoms in total. The summed E-state index contributed by atoms with van der Waals surface area (Å²) in [7, 11) is 0. The van der Waals surface area contributed by atoms with Gasteiger partial charge in [-0.3, -0.25) is 19.7 Å². The van der Waals surface area contributed by atoms with Crippen LogP contribution in [0.3, 0.4) is 0 Å².